The van der Waals surface area contributed by atoms with Gasteiger partial charge in [-0.25, -0.2) is 0 Å². The molecule has 0 aromatic heterocycles. The summed E-state index contributed by atoms with van der Waals surface area (Å²) in [5.74, 6) is 1.12. The van der Waals surface area contributed by atoms with E-state index < -0.39 is 0 Å². The molecule has 0 spiro atoms. The minimum absolute atomic E-state index is 0.0660. The second-order valence-electron chi connectivity index (χ2n) is 6.72. The van der Waals surface area contributed by atoms with Crippen LogP contribution in [0.1, 0.15) is 26.7 Å². The summed E-state index contributed by atoms with van der Waals surface area (Å²) >= 11 is 0. The highest BCUT2D eigenvalue weighted by atomic mass is 16.5. The molecule has 7 nitrogen and oxygen atoms in total. The van der Waals surface area contributed by atoms with Gasteiger partial charge in [0.2, 0.25) is 5.91 Å². The molecule has 1 saturated heterocycles. The van der Waals surface area contributed by atoms with Crippen molar-refractivity contribution in [3.63, 3.8) is 0 Å². The third-order valence-electron chi connectivity index (χ3n) is 4.24. The lowest BCUT2D eigenvalue weighted by Gasteiger charge is -2.21. The number of ether oxygens (including phenoxy) is 1. The van der Waals surface area contributed by atoms with E-state index in [4.69, 9.17) is 4.74 Å². The number of carbonyl (C=O) groups excluding carboxylic acids is 1. The highest BCUT2D eigenvalue weighted by Gasteiger charge is 2.27. The van der Waals surface area contributed by atoms with E-state index in [0.29, 0.717) is 0 Å². The van der Waals surface area contributed by atoms with E-state index in [1.807, 2.05) is 18.7 Å². The first-order valence-electron chi connectivity index (χ1n) is 8.91. The van der Waals surface area contributed by atoms with Crippen LogP contribution in [0.4, 0.5) is 0 Å². The van der Waals surface area contributed by atoms with Gasteiger partial charge < -0.3 is 25.2 Å². The van der Waals surface area contributed by atoms with Gasteiger partial charge in [0.1, 0.15) is 0 Å². The Morgan fingerprint density at radius 3 is 2.79 bits per heavy atom. The molecule has 1 amide bonds. The second-order valence-corrected chi connectivity index (χ2v) is 6.72. The third kappa shape index (κ3) is 7.49. The van der Waals surface area contributed by atoms with Crippen molar-refractivity contribution in [3.05, 3.63) is 0 Å². The Bertz CT molecular complexity index is 400. The van der Waals surface area contributed by atoms with Crippen molar-refractivity contribution in [1.29, 1.82) is 0 Å². The summed E-state index contributed by atoms with van der Waals surface area (Å²) in [5.41, 5.74) is 0. The topological polar surface area (TPSA) is 69.2 Å². The monoisotopic (exact) mass is 341 g/mol. The van der Waals surface area contributed by atoms with Gasteiger partial charge in [-0.3, -0.25) is 9.79 Å². The lowest BCUT2D eigenvalue weighted by Crippen LogP contribution is -2.45. The Morgan fingerprint density at radius 2 is 2.17 bits per heavy atom. The fraction of sp³-hybridized carbons (Fsp3) is 0.882. The molecule has 0 aromatic rings. The zero-order chi connectivity index (χ0) is 17.9. The number of likely N-dealkylation sites (N-methyl/N-ethyl adjacent to an activating group) is 1. The van der Waals surface area contributed by atoms with Crippen LogP contribution in [0.15, 0.2) is 4.99 Å². The molecular formula is C17H35N5O2. The van der Waals surface area contributed by atoms with Gasteiger partial charge in [-0.15, -0.1) is 0 Å². The molecule has 0 bridgehead atoms. The lowest BCUT2D eigenvalue weighted by atomic mass is 10.2. The molecule has 1 aliphatic heterocycles. The van der Waals surface area contributed by atoms with Crippen molar-refractivity contribution < 1.29 is 9.53 Å². The molecule has 1 atom stereocenters. The minimum atomic E-state index is 0.0660. The summed E-state index contributed by atoms with van der Waals surface area (Å²) < 4.78 is 5.07. The Morgan fingerprint density at radius 1 is 1.42 bits per heavy atom. The molecule has 1 fully saturated rings. The average molecular weight is 342 g/mol. The number of aliphatic imine (C=N–C) groups is 1. The predicted octanol–water partition coefficient (Wildman–Crippen LogP) is 0.377. The molecule has 1 aliphatic rings. The Labute approximate surface area is 146 Å². The molecule has 0 saturated carbocycles. The third-order valence-corrected chi connectivity index (χ3v) is 4.24. The molecule has 0 aliphatic carbocycles. The van der Waals surface area contributed by atoms with Crippen LogP contribution in [0, 0.1) is 5.92 Å². The number of amides is 1. The van der Waals surface area contributed by atoms with Crippen LogP contribution in [-0.4, -0.2) is 88.2 Å². The van der Waals surface area contributed by atoms with Gasteiger partial charge in [0, 0.05) is 52.3 Å². The minimum Gasteiger partial charge on any atom is -0.383 e. The molecule has 1 rings (SSSR count). The summed E-state index contributed by atoms with van der Waals surface area (Å²) in [7, 11) is 5.61. The molecular weight excluding hydrogens is 306 g/mol. The summed E-state index contributed by atoms with van der Waals surface area (Å²) in [4.78, 5) is 20.5. The molecule has 7 heteroatoms. The maximum atomic E-state index is 12.0. The zero-order valence-electron chi connectivity index (χ0n) is 16.0. The van der Waals surface area contributed by atoms with Crippen molar-refractivity contribution in [2.45, 2.75) is 32.7 Å². The van der Waals surface area contributed by atoms with Crippen molar-refractivity contribution in [2.75, 3.05) is 60.5 Å². The maximum Gasteiger partial charge on any atom is 0.225 e. The molecule has 1 unspecified atom stereocenters. The summed E-state index contributed by atoms with van der Waals surface area (Å²) in [6, 6.07) is 0.281. The van der Waals surface area contributed by atoms with E-state index in [1.54, 1.807) is 14.2 Å². The molecule has 24 heavy (non-hydrogen) atoms. The number of rotatable bonds is 9. The number of hydrogen-bond acceptors (Lipinski definition) is 4. The van der Waals surface area contributed by atoms with Crippen LogP contribution in [-0.2, 0) is 9.53 Å². The van der Waals surface area contributed by atoms with Crippen LogP contribution >= 0.6 is 0 Å². The van der Waals surface area contributed by atoms with Crippen LogP contribution in [0.25, 0.3) is 0 Å². The standard InChI is InChI=1S/C17H35N5O2/c1-14(2)16(23)22-10-7-15(13-22)20-17(18-3)19-8-6-9-21(4)11-12-24-5/h14-15H,6-13H2,1-5H3,(H2,18,19,20). The molecule has 1 heterocycles. The van der Waals surface area contributed by atoms with Crippen LogP contribution in [0.3, 0.4) is 0 Å². The SMILES string of the molecule is CN=C(NCCCN(C)CCOC)NC1CCN(C(=O)C(C)C)C1. The zero-order valence-corrected chi connectivity index (χ0v) is 16.0. The maximum absolute atomic E-state index is 12.0. The normalized spacial score (nSPS) is 18.5. The molecule has 0 aromatic carbocycles. The van der Waals surface area contributed by atoms with E-state index in [9.17, 15) is 4.79 Å². The molecule has 0 radical (unpaired) electrons. The number of nitrogens with one attached hydrogen (secondary N) is 2. The van der Waals surface area contributed by atoms with Crippen molar-refractivity contribution in [3.8, 4) is 0 Å². The first-order chi connectivity index (χ1) is 11.5. The van der Waals surface area contributed by atoms with Crippen LogP contribution in [0.2, 0.25) is 0 Å². The molecule has 2 N–H and O–H groups in total. The van der Waals surface area contributed by atoms with Crippen LogP contribution < -0.4 is 10.6 Å². The Hall–Kier alpha value is -1.34. The van der Waals surface area contributed by atoms with Gasteiger partial charge in [-0.1, -0.05) is 13.8 Å². The number of nitrogens with zero attached hydrogens (tertiary/aromatic N) is 3. The van der Waals surface area contributed by atoms with Crippen molar-refractivity contribution in [2.24, 2.45) is 10.9 Å². The average Bonchev–Trinajstić information content (AvgIpc) is 3.03. The number of carbonyl (C=O) groups is 1. The van der Waals surface area contributed by atoms with E-state index in [1.165, 1.54) is 0 Å². The fourth-order valence-electron chi connectivity index (χ4n) is 2.75. The predicted molar refractivity (Wildman–Crippen MR) is 98.3 cm³/mol. The largest absolute Gasteiger partial charge is 0.383 e. The second kappa shape index (κ2) is 11.3. The number of methoxy groups -OCH3 is 1. The fourth-order valence-corrected chi connectivity index (χ4v) is 2.75. The number of hydrogen-bond donors (Lipinski definition) is 2. The lowest BCUT2D eigenvalue weighted by molar-refractivity contribution is -0.133. The highest BCUT2D eigenvalue weighted by molar-refractivity contribution is 5.81. The van der Waals surface area contributed by atoms with Gasteiger partial charge in [0.15, 0.2) is 5.96 Å². The molecule has 140 valence electrons. The smallest absolute Gasteiger partial charge is 0.225 e. The van der Waals surface area contributed by atoms with Gasteiger partial charge in [-0.05, 0) is 26.4 Å². The summed E-state index contributed by atoms with van der Waals surface area (Å²) in [6.07, 6.45) is 2.02. The summed E-state index contributed by atoms with van der Waals surface area (Å²) in [6.45, 7) is 9.10. The van der Waals surface area contributed by atoms with Gasteiger partial charge >= 0.3 is 0 Å². The number of likely N-dealkylation sites (tertiary alicyclic amines) is 1. The summed E-state index contributed by atoms with van der Waals surface area (Å²) in [5, 5.41) is 6.78. The quantitative estimate of drug-likeness (QED) is 0.360. The van der Waals surface area contributed by atoms with Crippen molar-refractivity contribution in [1.82, 2.24) is 20.4 Å². The Kier molecular flexibility index (Phi) is 9.71. The first-order valence-corrected chi connectivity index (χ1v) is 8.91. The van der Waals surface area contributed by atoms with Crippen molar-refractivity contribution >= 4 is 11.9 Å². The van der Waals surface area contributed by atoms with Gasteiger partial charge in [-0.2, -0.15) is 0 Å². The first kappa shape index (κ1) is 20.7. The van der Waals surface area contributed by atoms with E-state index in [0.717, 1.165) is 58.1 Å². The van der Waals surface area contributed by atoms with E-state index in [2.05, 4.69) is 27.6 Å². The number of guanidine groups is 1. The highest BCUT2D eigenvalue weighted by Crippen LogP contribution is 2.12. The van der Waals surface area contributed by atoms with E-state index >= 15 is 0 Å². The Balaban J connectivity index is 2.23. The van der Waals surface area contributed by atoms with Gasteiger partial charge in [0.25, 0.3) is 0 Å². The van der Waals surface area contributed by atoms with E-state index in [-0.39, 0.29) is 17.9 Å². The van der Waals surface area contributed by atoms with Crippen LogP contribution in [0.5, 0.6) is 0 Å². The van der Waals surface area contributed by atoms with Gasteiger partial charge in [0.05, 0.1) is 6.61 Å².